The normalized spacial score (nSPS) is 22.3. The summed E-state index contributed by atoms with van der Waals surface area (Å²) in [6.07, 6.45) is 4.77. The number of fused-ring (bicyclic) bond motifs is 3. The zero-order valence-corrected chi connectivity index (χ0v) is 14.0. The van der Waals surface area contributed by atoms with E-state index in [0.717, 1.165) is 51.1 Å². The molecule has 0 bridgehead atoms. The number of likely N-dealkylation sites (N-methyl/N-ethyl adjacent to an activating group) is 1. The molecule has 1 saturated heterocycles. The molecule has 23 heavy (non-hydrogen) atoms. The topological polar surface area (TPSA) is 40.9 Å². The summed E-state index contributed by atoms with van der Waals surface area (Å²) in [5, 5.41) is 0. The average Bonchev–Trinajstić information content (AvgIpc) is 2.91. The van der Waals surface area contributed by atoms with Crippen LogP contribution >= 0.6 is 0 Å². The van der Waals surface area contributed by atoms with Crippen LogP contribution in [-0.4, -0.2) is 58.3 Å². The Labute approximate surface area is 136 Å². The lowest BCUT2D eigenvalue weighted by Crippen LogP contribution is -2.49. The van der Waals surface area contributed by atoms with Crippen LogP contribution in [0.15, 0.2) is 18.3 Å². The van der Waals surface area contributed by atoms with Crippen LogP contribution in [0.3, 0.4) is 0 Å². The Hall–Kier alpha value is -1.88. The van der Waals surface area contributed by atoms with Gasteiger partial charge in [-0.1, -0.05) is 0 Å². The number of carbonyl (C=O) groups is 1. The van der Waals surface area contributed by atoms with Crippen LogP contribution in [-0.2, 0) is 17.6 Å². The van der Waals surface area contributed by atoms with Gasteiger partial charge in [0.1, 0.15) is 5.65 Å². The zero-order valence-electron chi connectivity index (χ0n) is 14.0. The molecule has 3 heterocycles. The first kappa shape index (κ1) is 14.7. The third-order valence-corrected chi connectivity index (χ3v) is 5.30. The van der Waals surface area contributed by atoms with Crippen molar-refractivity contribution in [2.45, 2.75) is 26.2 Å². The second-order valence-electron chi connectivity index (χ2n) is 7.01. The van der Waals surface area contributed by atoms with Crippen molar-refractivity contribution in [3.05, 3.63) is 35.3 Å². The highest BCUT2D eigenvalue weighted by atomic mass is 16.2. The minimum absolute atomic E-state index is 0.118. The minimum atomic E-state index is 0.118. The molecule has 2 aromatic heterocycles. The van der Waals surface area contributed by atoms with Gasteiger partial charge in [-0.15, -0.1) is 0 Å². The number of aromatic nitrogens is 2. The van der Waals surface area contributed by atoms with Crippen LogP contribution in [0.1, 0.15) is 23.4 Å². The highest BCUT2D eigenvalue weighted by Crippen LogP contribution is 2.28. The molecule has 4 rings (SSSR count). The van der Waals surface area contributed by atoms with Crippen LogP contribution in [0.4, 0.5) is 0 Å². The first-order valence-corrected chi connectivity index (χ1v) is 8.55. The van der Waals surface area contributed by atoms with E-state index in [2.05, 4.69) is 46.5 Å². The third kappa shape index (κ3) is 2.63. The molecular formula is C18H24N4O. The maximum atomic E-state index is 12.9. The molecule has 0 spiro atoms. The SMILES string of the molecule is Cc1ccn2c3c(nc2c1)CCC(C(=O)N1CCN(C)CC1)C3. The molecule has 0 saturated carbocycles. The van der Waals surface area contributed by atoms with Crippen molar-refractivity contribution in [3.8, 4) is 0 Å². The van der Waals surface area contributed by atoms with Gasteiger partial charge in [0.05, 0.1) is 5.69 Å². The number of carbonyl (C=O) groups excluding carboxylic acids is 1. The number of hydrogen-bond donors (Lipinski definition) is 0. The molecule has 0 aromatic carbocycles. The summed E-state index contributed by atoms with van der Waals surface area (Å²) in [6.45, 7) is 5.79. The molecule has 2 aromatic rings. The van der Waals surface area contributed by atoms with Crippen molar-refractivity contribution < 1.29 is 4.79 Å². The van der Waals surface area contributed by atoms with Gasteiger partial charge in [0.25, 0.3) is 0 Å². The average molecular weight is 312 g/mol. The Morgan fingerprint density at radius 2 is 2.04 bits per heavy atom. The van der Waals surface area contributed by atoms with E-state index in [1.54, 1.807) is 0 Å². The van der Waals surface area contributed by atoms with Gasteiger partial charge in [-0.3, -0.25) is 4.79 Å². The Balaban J connectivity index is 1.56. The summed E-state index contributed by atoms with van der Waals surface area (Å²) in [6, 6.07) is 4.23. The zero-order chi connectivity index (χ0) is 16.0. The lowest BCUT2D eigenvalue weighted by Gasteiger charge is -2.35. The second-order valence-corrected chi connectivity index (χ2v) is 7.01. The number of amides is 1. The molecule has 2 aliphatic rings. The molecule has 5 heteroatoms. The van der Waals surface area contributed by atoms with Crippen molar-refractivity contribution in [1.29, 1.82) is 0 Å². The van der Waals surface area contributed by atoms with E-state index in [1.807, 2.05) is 0 Å². The van der Waals surface area contributed by atoms with E-state index in [-0.39, 0.29) is 5.92 Å². The molecule has 5 nitrogen and oxygen atoms in total. The largest absolute Gasteiger partial charge is 0.340 e. The van der Waals surface area contributed by atoms with Crippen LogP contribution in [0.5, 0.6) is 0 Å². The molecule has 0 radical (unpaired) electrons. The number of hydrogen-bond acceptors (Lipinski definition) is 3. The van der Waals surface area contributed by atoms with E-state index in [9.17, 15) is 4.79 Å². The molecular weight excluding hydrogens is 288 g/mol. The monoisotopic (exact) mass is 312 g/mol. The van der Waals surface area contributed by atoms with E-state index < -0.39 is 0 Å². The fraction of sp³-hybridized carbons (Fsp3) is 0.556. The van der Waals surface area contributed by atoms with Crippen LogP contribution in [0.25, 0.3) is 5.65 Å². The van der Waals surface area contributed by atoms with E-state index in [0.29, 0.717) is 5.91 Å². The summed E-state index contributed by atoms with van der Waals surface area (Å²) in [7, 11) is 2.12. The number of imidazole rings is 1. The number of rotatable bonds is 1. The van der Waals surface area contributed by atoms with Gasteiger partial charge >= 0.3 is 0 Å². The predicted octanol–water partition coefficient (Wildman–Crippen LogP) is 1.52. The molecule has 1 aliphatic heterocycles. The lowest BCUT2D eigenvalue weighted by atomic mass is 9.88. The van der Waals surface area contributed by atoms with Crippen molar-refractivity contribution in [3.63, 3.8) is 0 Å². The van der Waals surface area contributed by atoms with Crippen LogP contribution in [0.2, 0.25) is 0 Å². The van der Waals surface area contributed by atoms with Gasteiger partial charge < -0.3 is 14.2 Å². The van der Waals surface area contributed by atoms with Crippen molar-refractivity contribution in [2.75, 3.05) is 33.2 Å². The summed E-state index contributed by atoms with van der Waals surface area (Å²) in [5.74, 6) is 0.456. The van der Waals surface area contributed by atoms with Gasteiger partial charge in [-0.2, -0.15) is 0 Å². The van der Waals surface area contributed by atoms with Crippen LogP contribution in [0, 0.1) is 12.8 Å². The van der Waals surface area contributed by atoms with Gasteiger partial charge in [0.15, 0.2) is 0 Å². The minimum Gasteiger partial charge on any atom is -0.340 e. The van der Waals surface area contributed by atoms with Crippen LogP contribution < -0.4 is 0 Å². The van der Waals surface area contributed by atoms with Gasteiger partial charge in [-0.05, 0) is 44.5 Å². The third-order valence-electron chi connectivity index (χ3n) is 5.30. The highest BCUT2D eigenvalue weighted by Gasteiger charge is 2.31. The summed E-state index contributed by atoms with van der Waals surface area (Å²) >= 11 is 0. The van der Waals surface area contributed by atoms with Gasteiger partial charge in [0.2, 0.25) is 5.91 Å². The molecule has 1 unspecified atom stereocenters. The van der Waals surface area contributed by atoms with Gasteiger partial charge in [0, 0.05) is 50.4 Å². The first-order valence-electron chi connectivity index (χ1n) is 8.55. The molecule has 1 atom stereocenters. The second kappa shape index (κ2) is 5.64. The van der Waals surface area contributed by atoms with Gasteiger partial charge in [-0.25, -0.2) is 4.98 Å². The number of pyridine rings is 1. The Morgan fingerprint density at radius 1 is 1.26 bits per heavy atom. The molecule has 122 valence electrons. The van der Waals surface area contributed by atoms with Crippen molar-refractivity contribution in [1.82, 2.24) is 19.2 Å². The van der Waals surface area contributed by atoms with E-state index >= 15 is 0 Å². The maximum Gasteiger partial charge on any atom is 0.226 e. The summed E-state index contributed by atoms with van der Waals surface area (Å²) in [5.41, 5.74) is 4.66. The molecule has 1 amide bonds. The van der Waals surface area contributed by atoms with E-state index in [4.69, 9.17) is 4.98 Å². The summed E-state index contributed by atoms with van der Waals surface area (Å²) in [4.78, 5) is 22.0. The predicted molar refractivity (Wildman–Crippen MR) is 89.5 cm³/mol. The first-order chi connectivity index (χ1) is 11.1. The number of nitrogens with zero attached hydrogens (tertiary/aromatic N) is 4. The Kier molecular flexibility index (Phi) is 3.60. The van der Waals surface area contributed by atoms with E-state index in [1.165, 1.54) is 17.0 Å². The lowest BCUT2D eigenvalue weighted by molar-refractivity contribution is -0.137. The highest BCUT2D eigenvalue weighted by molar-refractivity contribution is 5.79. The molecule has 1 aliphatic carbocycles. The quantitative estimate of drug-likeness (QED) is 0.802. The van der Waals surface area contributed by atoms with Crippen molar-refractivity contribution in [2.24, 2.45) is 5.92 Å². The van der Waals surface area contributed by atoms with Crippen molar-refractivity contribution >= 4 is 11.6 Å². The molecule has 0 N–H and O–H groups in total. The number of aryl methyl sites for hydroxylation is 2. The Morgan fingerprint density at radius 3 is 2.83 bits per heavy atom. The Bertz CT molecular complexity index is 743. The maximum absolute atomic E-state index is 12.9. The fourth-order valence-corrected chi connectivity index (χ4v) is 3.80. The smallest absolute Gasteiger partial charge is 0.226 e. The fourth-order valence-electron chi connectivity index (χ4n) is 3.80. The number of piperazine rings is 1. The summed E-state index contributed by atoms with van der Waals surface area (Å²) < 4.78 is 2.17. The molecule has 1 fully saturated rings. The standard InChI is InChI=1S/C18H24N4O/c1-13-5-6-22-16-12-14(3-4-15(16)19-17(22)11-13)18(23)21-9-7-20(2)8-10-21/h5-6,11,14H,3-4,7-10,12H2,1-2H3.